The minimum absolute atomic E-state index is 0.0653. The van der Waals surface area contributed by atoms with Gasteiger partial charge in [-0.05, 0) is 39.5 Å². The van der Waals surface area contributed by atoms with Crippen molar-refractivity contribution in [2.24, 2.45) is 5.92 Å². The monoisotopic (exact) mass is 348 g/mol. The summed E-state index contributed by atoms with van der Waals surface area (Å²) in [6.45, 7) is 4.25. The lowest BCUT2D eigenvalue weighted by Crippen LogP contribution is -2.16. The maximum absolute atomic E-state index is 11.0. The number of nitro groups is 1. The van der Waals surface area contributed by atoms with Gasteiger partial charge >= 0.3 is 0 Å². The number of nitrogens with one attached hydrogen (secondary N) is 1. The highest BCUT2D eigenvalue weighted by Gasteiger charge is 2.18. The van der Waals surface area contributed by atoms with Gasteiger partial charge in [0.15, 0.2) is 0 Å². The molecule has 0 amide bonds. The van der Waals surface area contributed by atoms with E-state index in [1.165, 1.54) is 0 Å². The Morgan fingerprint density at radius 3 is 2.38 bits per heavy atom. The van der Waals surface area contributed by atoms with Gasteiger partial charge in [-0.2, -0.15) is 0 Å². The molecule has 5 heteroatoms. The highest BCUT2D eigenvalue weighted by atomic mass is 79.9. The molecule has 0 aliphatic heterocycles. The lowest BCUT2D eigenvalue weighted by atomic mass is 9.96. The van der Waals surface area contributed by atoms with Gasteiger partial charge in [0.25, 0.3) is 5.69 Å². The average Bonchev–Trinajstić information content (AvgIpc) is 2.46. The van der Waals surface area contributed by atoms with Gasteiger partial charge in [0.2, 0.25) is 0 Å². The molecule has 2 rings (SSSR count). The standard InChI is InChI=1S/C16H17BrN2O2/c1-11(2)16(12-6-4-3-5-7-12)18-13-8-9-14(17)15(10-13)19(20)21/h3-11,16,18H,1-2H3. The third-order valence-corrected chi connectivity index (χ3v) is 3.96. The summed E-state index contributed by atoms with van der Waals surface area (Å²) in [7, 11) is 0. The van der Waals surface area contributed by atoms with Crippen molar-refractivity contribution in [1.29, 1.82) is 0 Å². The van der Waals surface area contributed by atoms with Crippen LogP contribution in [0.1, 0.15) is 25.5 Å². The van der Waals surface area contributed by atoms with E-state index in [0.29, 0.717) is 10.4 Å². The largest absolute Gasteiger partial charge is 0.378 e. The van der Waals surface area contributed by atoms with Gasteiger partial charge in [-0.1, -0.05) is 44.2 Å². The van der Waals surface area contributed by atoms with Crippen molar-refractivity contribution in [3.05, 3.63) is 68.7 Å². The van der Waals surface area contributed by atoms with Crippen molar-refractivity contribution >= 4 is 27.3 Å². The first-order chi connectivity index (χ1) is 9.99. The molecule has 0 bridgehead atoms. The van der Waals surface area contributed by atoms with Crippen LogP contribution >= 0.6 is 15.9 Å². The van der Waals surface area contributed by atoms with E-state index in [9.17, 15) is 10.1 Å². The lowest BCUT2D eigenvalue weighted by molar-refractivity contribution is -0.385. The van der Waals surface area contributed by atoms with Gasteiger partial charge in [0.05, 0.1) is 15.4 Å². The van der Waals surface area contributed by atoms with Crippen LogP contribution in [0.4, 0.5) is 11.4 Å². The van der Waals surface area contributed by atoms with E-state index >= 15 is 0 Å². The molecule has 2 aromatic carbocycles. The molecule has 0 aliphatic carbocycles. The van der Waals surface area contributed by atoms with Crippen LogP contribution in [-0.2, 0) is 0 Å². The van der Waals surface area contributed by atoms with E-state index in [4.69, 9.17) is 0 Å². The summed E-state index contributed by atoms with van der Waals surface area (Å²) >= 11 is 3.20. The van der Waals surface area contributed by atoms with E-state index in [0.717, 1.165) is 11.3 Å². The second-order valence-electron chi connectivity index (χ2n) is 5.20. The average molecular weight is 349 g/mol. The number of rotatable bonds is 5. The van der Waals surface area contributed by atoms with E-state index in [1.807, 2.05) is 24.3 Å². The molecule has 0 saturated carbocycles. The van der Waals surface area contributed by atoms with Crippen LogP contribution in [0.2, 0.25) is 0 Å². The lowest BCUT2D eigenvalue weighted by Gasteiger charge is -2.24. The Morgan fingerprint density at radius 1 is 1.14 bits per heavy atom. The van der Waals surface area contributed by atoms with E-state index in [1.54, 1.807) is 12.1 Å². The van der Waals surface area contributed by atoms with Gasteiger partial charge in [0, 0.05) is 11.8 Å². The molecule has 1 N–H and O–H groups in total. The Labute approximate surface area is 132 Å². The van der Waals surface area contributed by atoms with Crippen molar-refractivity contribution < 1.29 is 4.92 Å². The van der Waals surface area contributed by atoms with Crippen molar-refractivity contribution in [3.63, 3.8) is 0 Å². The topological polar surface area (TPSA) is 55.2 Å². The van der Waals surface area contributed by atoms with Crippen LogP contribution < -0.4 is 5.32 Å². The molecule has 0 aliphatic rings. The molecule has 2 aromatic rings. The van der Waals surface area contributed by atoms with Crippen LogP contribution in [0.3, 0.4) is 0 Å². The number of nitrogens with zero attached hydrogens (tertiary/aromatic N) is 1. The predicted octanol–water partition coefficient (Wildman–Crippen LogP) is 5.17. The molecule has 1 atom stereocenters. The molecular formula is C16H17BrN2O2. The second-order valence-corrected chi connectivity index (χ2v) is 6.05. The molecule has 21 heavy (non-hydrogen) atoms. The summed E-state index contributed by atoms with van der Waals surface area (Å²) in [6, 6.07) is 15.3. The van der Waals surface area contributed by atoms with Crippen LogP contribution in [0.15, 0.2) is 53.0 Å². The SMILES string of the molecule is CC(C)C(Nc1ccc(Br)c([N+](=O)[O-])c1)c1ccccc1. The number of hydrogen-bond acceptors (Lipinski definition) is 3. The summed E-state index contributed by atoms with van der Waals surface area (Å²) in [4.78, 5) is 10.6. The Hall–Kier alpha value is -1.88. The van der Waals surface area contributed by atoms with E-state index < -0.39 is 0 Å². The second kappa shape index (κ2) is 6.72. The fourth-order valence-electron chi connectivity index (χ4n) is 2.22. The highest BCUT2D eigenvalue weighted by Crippen LogP contribution is 2.31. The van der Waals surface area contributed by atoms with Crippen LogP contribution in [-0.4, -0.2) is 4.92 Å². The number of anilines is 1. The minimum atomic E-state index is -0.387. The fourth-order valence-corrected chi connectivity index (χ4v) is 2.61. The zero-order valence-electron chi connectivity index (χ0n) is 11.9. The van der Waals surface area contributed by atoms with E-state index in [2.05, 4.69) is 47.2 Å². The molecule has 0 spiro atoms. The van der Waals surface area contributed by atoms with Crippen molar-refractivity contribution in [2.45, 2.75) is 19.9 Å². The number of halogens is 1. The molecule has 0 aromatic heterocycles. The molecule has 0 radical (unpaired) electrons. The quantitative estimate of drug-likeness (QED) is 0.599. The highest BCUT2D eigenvalue weighted by molar-refractivity contribution is 9.10. The summed E-state index contributed by atoms with van der Waals surface area (Å²) in [5.41, 5.74) is 1.97. The summed E-state index contributed by atoms with van der Waals surface area (Å²) in [6.07, 6.45) is 0. The third-order valence-electron chi connectivity index (χ3n) is 3.29. The maximum atomic E-state index is 11.0. The van der Waals surface area contributed by atoms with E-state index in [-0.39, 0.29) is 16.7 Å². The van der Waals surface area contributed by atoms with Gasteiger partial charge in [-0.25, -0.2) is 0 Å². The Morgan fingerprint density at radius 2 is 1.81 bits per heavy atom. The van der Waals surface area contributed by atoms with Crippen LogP contribution in [0.25, 0.3) is 0 Å². The minimum Gasteiger partial charge on any atom is -0.378 e. The van der Waals surface area contributed by atoms with Crippen molar-refractivity contribution in [3.8, 4) is 0 Å². The zero-order chi connectivity index (χ0) is 15.4. The molecule has 4 nitrogen and oxygen atoms in total. The Bertz CT molecular complexity index is 629. The maximum Gasteiger partial charge on any atom is 0.285 e. The summed E-state index contributed by atoms with van der Waals surface area (Å²) in [5, 5.41) is 14.4. The van der Waals surface area contributed by atoms with Crippen molar-refractivity contribution in [2.75, 3.05) is 5.32 Å². The first-order valence-corrected chi connectivity index (χ1v) is 7.53. The summed E-state index contributed by atoms with van der Waals surface area (Å²) < 4.78 is 0.485. The normalized spacial score (nSPS) is 12.2. The molecule has 0 heterocycles. The predicted molar refractivity (Wildman–Crippen MR) is 88.4 cm³/mol. The first kappa shape index (κ1) is 15.5. The first-order valence-electron chi connectivity index (χ1n) is 6.74. The number of hydrogen-bond donors (Lipinski definition) is 1. The van der Waals surface area contributed by atoms with Crippen molar-refractivity contribution in [1.82, 2.24) is 0 Å². The van der Waals surface area contributed by atoms with Crippen LogP contribution in [0, 0.1) is 16.0 Å². The Kier molecular flexibility index (Phi) is 4.96. The summed E-state index contributed by atoms with van der Waals surface area (Å²) in [5.74, 6) is 0.357. The van der Waals surface area contributed by atoms with Gasteiger partial charge in [-0.15, -0.1) is 0 Å². The Balaban J connectivity index is 2.30. The molecular weight excluding hydrogens is 332 g/mol. The molecule has 0 saturated heterocycles. The van der Waals surface area contributed by atoms with Crippen LogP contribution in [0.5, 0.6) is 0 Å². The number of benzene rings is 2. The van der Waals surface area contributed by atoms with Gasteiger partial charge < -0.3 is 5.32 Å². The number of nitro benzene ring substituents is 1. The molecule has 0 fully saturated rings. The molecule has 1 unspecified atom stereocenters. The van der Waals surface area contributed by atoms with Gasteiger partial charge in [0.1, 0.15) is 0 Å². The molecule has 110 valence electrons. The fraction of sp³-hybridized carbons (Fsp3) is 0.250. The smallest absolute Gasteiger partial charge is 0.285 e. The van der Waals surface area contributed by atoms with Gasteiger partial charge in [-0.3, -0.25) is 10.1 Å². The third kappa shape index (κ3) is 3.82. The zero-order valence-corrected chi connectivity index (χ0v) is 13.5.